The quantitative estimate of drug-likeness (QED) is 0.849. The molecule has 0 spiro atoms. The van der Waals surface area contributed by atoms with E-state index in [4.69, 9.17) is 5.73 Å². The van der Waals surface area contributed by atoms with Crippen LogP contribution in [0.1, 0.15) is 11.1 Å². The topological polar surface area (TPSA) is 26.0 Å². The molecule has 0 atom stereocenters. The van der Waals surface area contributed by atoms with Gasteiger partial charge in [0.2, 0.25) is 0 Å². The smallest absolute Gasteiger partial charge is 0.0236 e. The predicted molar refractivity (Wildman–Crippen MR) is 72.6 cm³/mol. The van der Waals surface area contributed by atoms with Gasteiger partial charge in [-0.3, -0.25) is 0 Å². The fourth-order valence-corrected chi connectivity index (χ4v) is 2.07. The first-order valence-electron chi connectivity index (χ1n) is 5.88. The highest BCUT2D eigenvalue weighted by molar-refractivity contribution is 5.23. The molecule has 2 N–H and O–H groups in total. The van der Waals surface area contributed by atoms with Crippen LogP contribution in [0.15, 0.2) is 60.7 Å². The van der Waals surface area contributed by atoms with E-state index in [0.29, 0.717) is 0 Å². The van der Waals surface area contributed by atoms with Crippen molar-refractivity contribution in [3.05, 3.63) is 78.7 Å². The lowest BCUT2D eigenvalue weighted by atomic mass is 9.87. The Morgan fingerprint density at radius 1 is 0.765 bits per heavy atom. The van der Waals surface area contributed by atoms with Crippen LogP contribution in [0.5, 0.6) is 0 Å². The van der Waals surface area contributed by atoms with Gasteiger partial charge in [-0.25, -0.2) is 0 Å². The standard InChI is InChI=1S/C16H18N/c1-16(17,12-14-8-4-2-5-9-14)13-15-10-6-3-7-11-15/h2-11H,1,12-13,17H2. The minimum Gasteiger partial charge on any atom is -0.324 e. The van der Waals surface area contributed by atoms with Gasteiger partial charge in [-0.05, 0) is 30.9 Å². The largest absolute Gasteiger partial charge is 0.324 e. The van der Waals surface area contributed by atoms with Crippen molar-refractivity contribution in [2.75, 3.05) is 0 Å². The maximum absolute atomic E-state index is 6.27. The van der Waals surface area contributed by atoms with Crippen LogP contribution in [-0.4, -0.2) is 5.54 Å². The van der Waals surface area contributed by atoms with Crippen molar-refractivity contribution in [3.8, 4) is 0 Å². The van der Waals surface area contributed by atoms with E-state index in [2.05, 4.69) is 31.2 Å². The molecule has 0 aliphatic carbocycles. The van der Waals surface area contributed by atoms with Gasteiger partial charge in [-0.1, -0.05) is 60.7 Å². The summed E-state index contributed by atoms with van der Waals surface area (Å²) in [5.41, 5.74) is 8.30. The molecule has 2 rings (SSSR count). The van der Waals surface area contributed by atoms with Crippen molar-refractivity contribution in [2.45, 2.75) is 18.4 Å². The molecule has 87 valence electrons. The molecule has 0 aliphatic rings. The SMILES string of the molecule is [CH2]C(N)(Cc1ccccc1)Cc1ccccc1. The van der Waals surface area contributed by atoms with E-state index in [1.165, 1.54) is 11.1 Å². The maximum atomic E-state index is 6.27. The zero-order chi connectivity index (χ0) is 12.1. The molecule has 0 heterocycles. The van der Waals surface area contributed by atoms with Crippen molar-refractivity contribution in [1.29, 1.82) is 0 Å². The van der Waals surface area contributed by atoms with Crippen molar-refractivity contribution < 1.29 is 0 Å². The van der Waals surface area contributed by atoms with Gasteiger partial charge in [-0.2, -0.15) is 0 Å². The van der Waals surface area contributed by atoms with E-state index in [0.717, 1.165) is 12.8 Å². The van der Waals surface area contributed by atoms with E-state index in [9.17, 15) is 0 Å². The fraction of sp³-hybridized carbons (Fsp3) is 0.188. The van der Waals surface area contributed by atoms with Gasteiger partial charge in [0.1, 0.15) is 0 Å². The average Bonchev–Trinajstić information content (AvgIpc) is 2.30. The summed E-state index contributed by atoms with van der Waals surface area (Å²) in [5, 5.41) is 0. The summed E-state index contributed by atoms with van der Waals surface area (Å²) in [5.74, 6) is 0. The Morgan fingerprint density at radius 3 is 1.47 bits per heavy atom. The second-order valence-corrected chi connectivity index (χ2v) is 4.69. The van der Waals surface area contributed by atoms with E-state index in [-0.39, 0.29) is 0 Å². The van der Waals surface area contributed by atoms with Gasteiger partial charge in [0.05, 0.1) is 0 Å². The summed E-state index contributed by atoms with van der Waals surface area (Å²) in [6, 6.07) is 20.6. The van der Waals surface area contributed by atoms with E-state index in [1.807, 2.05) is 36.4 Å². The molecule has 0 unspecified atom stereocenters. The Kier molecular flexibility index (Phi) is 3.60. The predicted octanol–water partition coefficient (Wildman–Crippen LogP) is 3.00. The first kappa shape index (κ1) is 11.9. The third-order valence-corrected chi connectivity index (χ3v) is 2.80. The Bertz CT molecular complexity index is 402. The van der Waals surface area contributed by atoms with Crippen LogP contribution in [0, 0.1) is 6.92 Å². The molecule has 0 fully saturated rings. The molecule has 0 aliphatic heterocycles. The first-order chi connectivity index (χ1) is 8.16. The molecule has 1 heteroatoms. The lowest BCUT2D eigenvalue weighted by Crippen LogP contribution is -2.41. The third kappa shape index (κ3) is 3.72. The van der Waals surface area contributed by atoms with Crippen LogP contribution in [0.2, 0.25) is 0 Å². The van der Waals surface area contributed by atoms with Crippen LogP contribution in [0.4, 0.5) is 0 Å². The molecule has 0 amide bonds. The number of hydrogen-bond acceptors (Lipinski definition) is 1. The second-order valence-electron chi connectivity index (χ2n) is 4.69. The van der Waals surface area contributed by atoms with Gasteiger partial charge in [0, 0.05) is 5.54 Å². The highest BCUT2D eigenvalue weighted by Crippen LogP contribution is 2.15. The zero-order valence-corrected chi connectivity index (χ0v) is 9.97. The fourth-order valence-electron chi connectivity index (χ4n) is 2.07. The van der Waals surface area contributed by atoms with E-state index >= 15 is 0 Å². The zero-order valence-electron chi connectivity index (χ0n) is 9.97. The number of hydrogen-bond donors (Lipinski definition) is 1. The van der Waals surface area contributed by atoms with Crippen molar-refractivity contribution >= 4 is 0 Å². The molecule has 17 heavy (non-hydrogen) atoms. The highest BCUT2D eigenvalue weighted by atomic mass is 14.7. The first-order valence-corrected chi connectivity index (χ1v) is 5.88. The normalized spacial score (nSPS) is 11.4. The lowest BCUT2D eigenvalue weighted by molar-refractivity contribution is 0.517. The number of rotatable bonds is 4. The lowest BCUT2D eigenvalue weighted by Gasteiger charge is -2.24. The number of benzene rings is 2. The maximum Gasteiger partial charge on any atom is 0.0236 e. The van der Waals surface area contributed by atoms with Crippen LogP contribution in [0.25, 0.3) is 0 Å². The van der Waals surface area contributed by atoms with Gasteiger partial charge >= 0.3 is 0 Å². The summed E-state index contributed by atoms with van der Waals surface area (Å²) < 4.78 is 0. The molecule has 1 nitrogen and oxygen atoms in total. The summed E-state index contributed by atoms with van der Waals surface area (Å²) in [6.07, 6.45) is 1.59. The van der Waals surface area contributed by atoms with E-state index < -0.39 is 5.54 Å². The monoisotopic (exact) mass is 224 g/mol. The van der Waals surface area contributed by atoms with Crippen molar-refractivity contribution in [1.82, 2.24) is 0 Å². The molecule has 2 aromatic rings. The summed E-state index contributed by atoms with van der Waals surface area (Å²) in [6.45, 7) is 4.14. The molecule has 0 aromatic heterocycles. The van der Waals surface area contributed by atoms with Crippen LogP contribution < -0.4 is 5.73 Å². The summed E-state index contributed by atoms with van der Waals surface area (Å²) in [4.78, 5) is 0. The molecular weight excluding hydrogens is 206 g/mol. The summed E-state index contributed by atoms with van der Waals surface area (Å²) in [7, 11) is 0. The molecule has 2 aromatic carbocycles. The Hall–Kier alpha value is -1.60. The third-order valence-electron chi connectivity index (χ3n) is 2.80. The van der Waals surface area contributed by atoms with E-state index in [1.54, 1.807) is 0 Å². The highest BCUT2D eigenvalue weighted by Gasteiger charge is 2.19. The Balaban J connectivity index is 2.04. The van der Waals surface area contributed by atoms with Crippen LogP contribution in [0.3, 0.4) is 0 Å². The Morgan fingerprint density at radius 2 is 1.12 bits per heavy atom. The molecule has 0 bridgehead atoms. The summed E-state index contributed by atoms with van der Waals surface area (Å²) >= 11 is 0. The van der Waals surface area contributed by atoms with Crippen molar-refractivity contribution in [2.24, 2.45) is 5.73 Å². The Labute approximate surface area is 103 Å². The average molecular weight is 224 g/mol. The second kappa shape index (κ2) is 5.15. The molecule has 0 saturated carbocycles. The minimum absolute atomic E-state index is 0.442. The van der Waals surface area contributed by atoms with Gasteiger partial charge in [0.15, 0.2) is 0 Å². The van der Waals surface area contributed by atoms with Crippen LogP contribution >= 0.6 is 0 Å². The molecule has 1 radical (unpaired) electrons. The van der Waals surface area contributed by atoms with Gasteiger partial charge < -0.3 is 5.73 Å². The minimum atomic E-state index is -0.442. The number of nitrogens with two attached hydrogens (primary N) is 1. The van der Waals surface area contributed by atoms with Crippen molar-refractivity contribution in [3.63, 3.8) is 0 Å². The molecular formula is C16H18N. The molecule has 0 saturated heterocycles. The van der Waals surface area contributed by atoms with Gasteiger partial charge in [0.25, 0.3) is 0 Å². The van der Waals surface area contributed by atoms with Gasteiger partial charge in [-0.15, -0.1) is 0 Å². The van der Waals surface area contributed by atoms with Crippen LogP contribution in [-0.2, 0) is 12.8 Å².